The number of anilines is 1. The maximum atomic E-state index is 12.9. The highest BCUT2D eigenvalue weighted by atomic mass is 32.2. The van der Waals surface area contributed by atoms with Crippen LogP contribution in [0.5, 0.6) is 0 Å². The third kappa shape index (κ3) is 5.26. The van der Waals surface area contributed by atoms with Gasteiger partial charge in [0.15, 0.2) is 5.82 Å². The summed E-state index contributed by atoms with van der Waals surface area (Å²) in [6.07, 6.45) is 4.86. The van der Waals surface area contributed by atoms with Crippen molar-refractivity contribution >= 4 is 27.7 Å². The Hall–Kier alpha value is -3.30. The molecule has 0 radical (unpaired) electrons. The Balaban J connectivity index is 1.17. The molecule has 0 atom stereocenters. The number of nitrogens with zero attached hydrogens (tertiary/aromatic N) is 3. The van der Waals surface area contributed by atoms with Gasteiger partial charge in [-0.05, 0) is 49.5 Å². The second-order valence-corrected chi connectivity index (χ2v) is 10.6. The maximum absolute atomic E-state index is 12.9. The molecule has 2 heterocycles. The molecule has 2 N–H and O–H groups in total. The van der Waals surface area contributed by atoms with E-state index in [1.54, 1.807) is 6.08 Å². The summed E-state index contributed by atoms with van der Waals surface area (Å²) < 4.78 is 26.8. The molecule has 1 amide bonds. The molecule has 0 bridgehead atoms. The first-order valence-corrected chi connectivity index (χ1v) is 13.1. The zero-order valence-electron chi connectivity index (χ0n) is 18.7. The number of benzene rings is 2. The van der Waals surface area contributed by atoms with E-state index in [1.807, 2.05) is 54.6 Å². The second-order valence-electron chi connectivity index (χ2n) is 8.82. The highest BCUT2D eigenvalue weighted by molar-refractivity contribution is 7.92. The fourth-order valence-electron chi connectivity index (χ4n) is 4.11. The van der Waals surface area contributed by atoms with Crippen LogP contribution < -0.4 is 5.32 Å². The second kappa shape index (κ2) is 9.52. The predicted molar refractivity (Wildman–Crippen MR) is 131 cm³/mol. The van der Waals surface area contributed by atoms with E-state index in [-0.39, 0.29) is 11.8 Å². The molecule has 1 aliphatic carbocycles. The van der Waals surface area contributed by atoms with Gasteiger partial charge in [-0.1, -0.05) is 42.5 Å². The molecule has 176 valence electrons. The van der Waals surface area contributed by atoms with Crippen LogP contribution in [0.25, 0.3) is 17.5 Å². The molecule has 9 heteroatoms. The summed E-state index contributed by atoms with van der Waals surface area (Å²) >= 11 is 0. The largest absolute Gasteiger partial charge is 0.326 e. The van der Waals surface area contributed by atoms with E-state index < -0.39 is 10.0 Å². The molecule has 3 aromatic rings. The number of carbonyl (C=O) groups is 1. The first-order chi connectivity index (χ1) is 16.5. The number of sulfonamides is 1. The SMILES string of the molecule is O=C(Nc1cccc(-c2n[nH]c(C3CC3)n2)c1)C1CCN(S(=O)(=O)/C=C/c2ccccc2)CC1. The Morgan fingerprint density at radius 3 is 2.53 bits per heavy atom. The van der Waals surface area contributed by atoms with E-state index in [2.05, 4.69) is 20.5 Å². The zero-order chi connectivity index (χ0) is 23.5. The molecule has 1 aromatic heterocycles. The van der Waals surface area contributed by atoms with E-state index in [1.165, 1.54) is 9.71 Å². The zero-order valence-corrected chi connectivity index (χ0v) is 19.5. The minimum Gasteiger partial charge on any atom is -0.326 e. The highest BCUT2D eigenvalue weighted by Gasteiger charge is 2.30. The van der Waals surface area contributed by atoms with Crippen molar-refractivity contribution in [2.75, 3.05) is 18.4 Å². The van der Waals surface area contributed by atoms with Gasteiger partial charge in [0.05, 0.1) is 0 Å². The molecule has 1 saturated carbocycles. The molecule has 0 spiro atoms. The molecule has 2 aromatic carbocycles. The van der Waals surface area contributed by atoms with Crippen molar-refractivity contribution in [1.82, 2.24) is 19.5 Å². The van der Waals surface area contributed by atoms with Crippen molar-refractivity contribution in [3.05, 3.63) is 71.4 Å². The fourth-order valence-corrected chi connectivity index (χ4v) is 5.33. The summed E-state index contributed by atoms with van der Waals surface area (Å²) in [4.78, 5) is 17.4. The van der Waals surface area contributed by atoms with Crippen LogP contribution in [0.3, 0.4) is 0 Å². The molecule has 34 heavy (non-hydrogen) atoms. The third-order valence-electron chi connectivity index (χ3n) is 6.27. The van der Waals surface area contributed by atoms with Crippen molar-refractivity contribution in [1.29, 1.82) is 0 Å². The molecule has 0 unspecified atom stereocenters. The number of carbonyl (C=O) groups excluding carboxylic acids is 1. The molecule has 1 saturated heterocycles. The van der Waals surface area contributed by atoms with E-state index >= 15 is 0 Å². The minimum absolute atomic E-state index is 0.0947. The van der Waals surface area contributed by atoms with E-state index in [4.69, 9.17) is 0 Å². The van der Waals surface area contributed by atoms with Crippen LogP contribution in [0.1, 0.15) is 43.0 Å². The molecule has 1 aliphatic heterocycles. The molecule has 2 aliphatic rings. The van der Waals surface area contributed by atoms with Crippen molar-refractivity contribution in [3.63, 3.8) is 0 Å². The molecular formula is C25H27N5O3S. The van der Waals surface area contributed by atoms with Crippen LogP contribution in [-0.4, -0.2) is 46.9 Å². The lowest BCUT2D eigenvalue weighted by Gasteiger charge is -2.29. The van der Waals surface area contributed by atoms with Crippen molar-refractivity contribution in [2.45, 2.75) is 31.6 Å². The monoisotopic (exact) mass is 477 g/mol. The normalized spacial score (nSPS) is 17.8. The van der Waals surface area contributed by atoms with Crippen LogP contribution in [0, 0.1) is 5.92 Å². The van der Waals surface area contributed by atoms with E-state index in [9.17, 15) is 13.2 Å². The number of nitrogens with one attached hydrogen (secondary N) is 2. The lowest BCUT2D eigenvalue weighted by atomic mass is 9.97. The van der Waals surface area contributed by atoms with Gasteiger partial charge in [-0.25, -0.2) is 13.4 Å². The summed E-state index contributed by atoms with van der Waals surface area (Å²) in [6, 6.07) is 16.8. The minimum atomic E-state index is -3.52. The van der Waals surface area contributed by atoms with Gasteiger partial charge >= 0.3 is 0 Å². The Morgan fingerprint density at radius 1 is 1.03 bits per heavy atom. The van der Waals surface area contributed by atoms with Crippen molar-refractivity contribution < 1.29 is 13.2 Å². The lowest BCUT2D eigenvalue weighted by molar-refractivity contribution is -0.120. The van der Waals surface area contributed by atoms with Gasteiger partial charge in [-0.2, -0.15) is 9.40 Å². The number of rotatable bonds is 7. The van der Waals surface area contributed by atoms with Gasteiger partial charge < -0.3 is 5.32 Å². The number of amides is 1. The van der Waals surface area contributed by atoms with Gasteiger partial charge in [-0.15, -0.1) is 0 Å². The van der Waals surface area contributed by atoms with Gasteiger partial charge in [0.1, 0.15) is 5.82 Å². The molecule has 8 nitrogen and oxygen atoms in total. The predicted octanol–water partition coefficient (Wildman–Crippen LogP) is 4.00. The Labute approximate surface area is 199 Å². The van der Waals surface area contributed by atoms with Crippen LogP contribution in [-0.2, 0) is 14.8 Å². The first-order valence-electron chi connectivity index (χ1n) is 11.5. The van der Waals surface area contributed by atoms with Gasteiger partial charge in [0.25, 0.3) is 0 Å². The maximum Gasteiger partial charge on any atom is 0.236 e. The van der Waals surface area contributed by atoms with Gasteiger partial charge in [0.2, 0.25) is 15.9 Å². The highest BCUT2D eigenvalue weighted by Crippen LogP contribution is 2.38. The third-order valence-corrected chi connectivity index (χ3v) is 7.84. The summed E-state index contributed by atoms with van der Waals surface area (Å²) in [5.74, 6) is 1.71. The summed E-state index contributed by atoms with van der Waals surface area (Å²) in [6.45, 7) is 0.640. The van der Waals surface area contributed by atoms with E-state index in [0.717, 1.165) is 29.8 Å². The number of hydrogen-bond acceptors (Lipinski definition) is 5. The van der Waals surface area contributed by atoms with Crippen molar-refractivity contribution in [3.8, 4) is 11.4 Å². The number of H-pyrrole nitrogens is 1. The van der Waals surface area contributed by atoms with Crippen LogP contribution in [0.4, 0.5) is 5.69 Å². The van der Waals surface area contributed by atoms with Crippen molar-refractivity contribution in [2.24, 2.45) is 5.92 Å². The quantitative estimate of drug-likeness (QED) is 0.535. The Bertz CT molecular complexity index is 1290. The topological polar surface area (TPSA) is 108 Å². The number of hydrogen-bond donors (Lipinski definition) is 2. The number of aromatic amines is 1. The lowest BCUT2D eigenvalue weighted by Crippen LogP contribution is -2.40. The van der Waals surface area contributed by atoms with Gasteiger partial charge in [0, 0.05) is 41.6 Å². The number of piperidine rings is 1. The smallest absolute Gasteiger partial charge is 0.236 e. The molecule has 5 rings (SSSR count). The van der Waals surface area contributed by atoms with Crippen LogP contribution >= 0.6 is 0 Å². The number of aromatic nitrogens is 3. The molecule has 2 fully saturated rings. The van der Waals surface area contributed by atoms with Crippen LogP contribution in [0.2, 0.25) is 0 Å². The van der Waals surface area contributed by atoms with Gasteiger partial charge in [-0.3, -0.25) is 9.89 Å². The summed E-state index contributed by atoms with van der Waals surface area (Å²) in [7, 11) is -3.52. The Morgan fingerprint density at radius 2 is 1.79 bits per heavy atom. The standard InChI is InChI=1S/C25H27N5O3S/c31-25(26-22-8-4-7-21(17-22)24-27-23(28-29-24)19-9-10-19)20-11-14-30(15-12-20)34(32,33)16-13-18-5-2-1-3-6-18/h1-8,13,16-17,19-20H,9-12,14-15H2,(H,26,31)(H,27,28,29)/b16-13+. The Kier molecular flexibility index (Phi) is 6.30. The average molecular weight is 478 g/mol. The fraction of sp³-hybridized carbons (Fsp3) is 0.320. The average Bonchev–Trinajstić information content (AvgIpc) is 3.60. The summed E-state index contributed by atoms with van der Waals surface area (Å²) in [5, 5.41) is 11.5. The summed E-state index contributed by atoms with van der Waals surface area (Å²) in [5.41, 5.74) is 2.35. The van der Waals surface area contributed by atoms with Crippen LogP contribution in [0.15, 0.2) is 60.0 Å². The first kappa shape index (κ1) is 22.5. The van der Waals surface area contributed by atoms with E-state index in [0.29, 0.717) is 43.4 Å². The molecular weight excluding hydrogens is 450 g/mol.